The number of nitrogens with one attached hydrogen (secondary N) is 1. The van der Waals surface area contributed by atoms with E-state index in [1.165, 1.54) is 0 Å². The summed E-state index contributed by atoms with van der Waals surface area (Å²) in [4.78, 5) is 13.6. The molecule has 0 saturated heterocycles. The molecule has 0 fully saturated rings. The van der Waals surface area contributed by atoms with Crippen molar-refractivity contribution in [1.82, 2.24) is 10.2 Å². The molecule has 4 heteroatoms. The second-order valence-corrected chi connectivity index (χ2v) is 4.18. The molecule has 0 aliphatic rings. The highest BCUT2D eigenvalue weighted by atomic mass is 16.5. The van der Waals surface area contributed by atoms with Gasteiger partial charge in [0, 0.05) is 13.1 Å². The quantitative estimate of drug-likeness (QED) is 0.798. The summed E-state index contributed by atoms with van der Waals surface area (Å²) in [6, 6.07) is 7.54. The number of methoxy groups -OCH3 is 1. The Morgan fingerprint density at radius 1 is 1.29 bits per heavy atom. The molecule has 4 nitrogen and oxygen atoms in total. The van der Waals surface area contributed by atoms with Gasteiger partial charge in [-0.15, -0.1) is 0 Å². The van der Waals surface area contributed by atoms with E-state index in [-0.39, 0.29) is 5.91 Å². The number of carbonyl (C=O) groups excluding carboxylic acids is 1. The Morgan fingerprint density at radius 3 is 2.47 bits per heavy atom. The standard InChI is InChI=1S/C13H20N2O2/c1-15(2)9-8-14-13(16)10-11-4-6-12(17-3)7-5-11/h4-7H,8-10H2,1-3H3,(H,14,16). The molecule has 0 aromatic heterocycles. The van der Waals surface area contributed by atoms with Crippen LogP contribution in [0.2, 0.25) is 0 Å². The van der Waals surface area contributed by atoms with Crippen molar-refractivity contribution >= 4 is 5.91 Å². The second-order valence-electron chi connectivity index (χ2n) is 4.18. The molecule has 0 unspecified atom stereocenters. The SMILES string of the molecule is COc1ccc(CC(=O)NCCN(C)C)cc1. The monoisotopic (exact) mass is 236 g/mol. The zero-order chi connectivity index (χ0) is 12.7. The highest BCUT2D eigenvalue weighted by molar-refractivity contribution is 5.78. The minimum absolute atomic E-state index is 0.0528. The van der Waals surface area contributed by atoms with Gasteiger partial charge in [0.25, 0.3) is 0 Å². The number of hydrogen-bond acceptors (Lipinski definition) is 3. The van der Waals surface area contributed by atoms with Crippen molar-refractivity contribution in [2.45, 2.75) is 6.42 Å². The predicted molar refractivity (Wildman–Crippen MR) is 68.3 cm³/mol. The summed E-state index contributed by atoms with van der Waals surface area (Å²) in [6.07, 6.45) is 0.414. The van der Waals surface area contributed by atoms with Crippen LogP contribution in [0.3, 0.4) is 0 Å². The van der Waals surface area contributed by atoms with Gasteiger partial charge >= 0.3 is 0 Å². The zero-order valence-corrected chi connectivity index (χ0v) is 10.7. The molecule has 0 saturated carbocycles. The molecule has 94 valence electrons. The first kappa shape index (κ1) is 13.5. The van der Waals surface area contributed by atoms with Crippen LogP contribution in [-0.4, -0.2) is 45.1 Å². The first-order valence-corrected chi connectivity index (χ1v) is 5.66. The number of ether oxygens (including phenoxy) is 1. The van der Waals surface area contributed by atoms with Crippen LogP contribution >= 0.6 is 0 Å². The van der Waals surface area contributed by atoms with Gasteiger partial charge in [-0.05, 0) is 31.8 Å². The van der Waals surface area contributed by atoms with Crippen LogP contribution in [0.4, 0.5) is 0 Å². The molecule has 0 radical (unpaired) electrons. The van der Waals surface area contributed by atoms with Crippen LogP contribution in [0.15, 0.2) is 24.3 Å². The second kappa shape index (κ2) is 6.91. The van der Waals surface area contributed by atoms with E-state index in [1.807, 2.05) is 43.3 Å². The van der Waals surface area contributed by atoms with E-state index in [1.54, 1.807) is 7.11 Å². The Hall–Kier alpha value is -1.55. The molecule has 1 aromatic carbocycles. The van der Waals surface area contributed by atoms with E-state index in [0.29, 0.717) is 13.0 Å². The summed E-state index contributed by atoms with van der Waals surface area (Å²) in [5, 5.41) is 2.88. The first-order chi connectivity index (χ1) is 8.11. The molecule has 1 rings (SSSR count). The topological polar surface area (TPSA) is 41.6 Å². The highest BCUT2D eigenvalue weighted by Crippen LogP contribution is 2.11. The fourth-order valence-electron chi connectivity index (χ4n) is 1.41. The Kier molecular flexibility index (Phi) is 5.49. The van der Waals surface area contributed by atoms with Crippen LogP contribution < -0.4 is 10.1 Å². The summed E-state index contributed by atoms with van der Waals surface area (Å²) in [5.74, 6) is 0.860. The van der Waals surface area contributed by atoms with Crippen molar-refractivity contribution in [2.75, 3.05) is 34.3 Å². The molecular weight excluding hydrogens is 216 g/mol. The van der Waals surface area contributed by atoms with E-state index >= 15 is 0 Å². The fraction of sp³-hybridized carbons (Fsp3) is 0.462. The number of carbonyl (C=O) groups is 1. The van der Waals surface area contributed by atoms with Crippen molar-refractivity contribution in [3.05, 3.63) is 29.8 Å². The normalized spacial score (nSPS) is 10.4. The van der Waals surface area contributed by atoms with Crippen LogP contribution in [0, 0.1) is 0 Å². The number of amides is 1. The number of likely N-dealkylation sites (N-methyl/N-ethyl adjacent to an activating group) is 1. The summed E-state index contributed by atoms with van der Waals surface area (Å²) in [6.45, 7) is 1.54. The molecule has 1 N–H and O–H groups in total. The lowest BCUT2D eigenvalue weighted by molar-refractivity contribution is -0.120. The number of hydrogen-bond donors (Lipinski definition) is 1. The van der Waals surface area contributed by atoms with E-state index in [0.717, 1.165) is 17.9 Å². The smallest absolute Gasteiger partial charge is 0.224 e. The summed E-state index contributed by atoms with van der Waals surface area (Å²) >= 11 is 0. The van der Waals surface area contributed by atoms with Crippen molar-refractivity contribution < 1.29 is 9.53 Å². The molecular formula is C13H20N2O2. The largest absolute Gasteiger partial charge is 0.497 e. The van der Waals surface area contributed by atoms with Crippen LogP contribution in [-0.2, 0) is 11.2 Å². The maximum Gasteiger partial charge on any atom is 0.224 e. The molecule has 0 aliphatic heterocycles. The van der Waals surface area contributed by atoms with Crippen molar-refractivity contribution in [3.63, 3.8) is 0 Å². The Morgan fingerprint density at radius 2 is 1.94 bits per heavy atom. The van der Waals surface area contributed by atoms with Gasteiger partial charge in [0.15, 0.2) is 0 Å². The molecule has 1 aromatic rings. The summed E-state index contributed by atoms with van der Waals surface area (Å²) in [5.41, 5.74) is 0.994. The van der Waals surface area contributed by atoms with Crippen molar-refractivity contribution in [1.29, 1.82) is 0 Å². The van der Waals surface area contributed by atoms with E-state index in [2.05, 4.69) is 5.32 Å². The van der Waals surface area contributed by atoms with Crippen LogP contribution in [0.25, 0.3) is 0 Å². The minimum atomic E-state index is 0.0528. The van der Waals surface area contributed by atoms with Gasteiger partial charge < -0.3 is 15.0 Å². The average molecular weight is 236 g/mol. The van der Waals surface area contributed by atoms with Gasteiger partial charge in [0.2, 0.25) is 5.91 Å². The lowest BCUT2D eigenvalue weighted by atomic mass is 10.1. The van der Waals surface area contributed by atoms with Crippen molar-refractivity contribution in [2.24, 2.45) is 0 Å². The van der Waals surface area contributed by atoms with Gasteiger partial charge in [0.05, 0.1) is 13.5 Å². The molecule has 0 heterocycles. The Labute approximate surface area is 103 Å². The van der Waals surface area contributed by atoms with E-state index < -0.39 is 0 Å². The molecule has 0 aliphatic carbocycles. The molecule has 0 spiro atoms. The van der Waals surface area contributed by atoms with Gasteiger partial charge in [0.1, 0.15) is 5.75 Å². The van der Waals surface area contributed by atoms with Crippen LogP contribution in [0.5, 0.6) is 5.75 Å². The average Bonchev–Trinajstić information content (AvgIpc) is 2.29. The number of nitrogens with zero attached hydrogens (tertiary/aromatic N) is 1. The molecule has 0 atom stereocenters. The third kappa shape index (κ3) is 5.36. The van der Waals surface area contributed by atoms with Gasteiger partial charge in [-0.2, -0.15) is 0 Å². The highest BCUT2D eigenvalue weighted by Gasteiger charge is 2.03. The number of benzene rings is 1. The molecule has 0 bridgehead atoms. The third-order valence-electron chi connectivity index (χ3n) is 2.40. The lowest BCUT2D eigenvalue weighted by Gasteiger charge is -2.10. The maximum absolute atomic E-state index is 11.6. The fourth-order valence-corrected chi connectivity index (χ4v) is 1.41. The summed E-state index contributed by atoms with van der Waals surface area (Å²) < 4.78 is 5.06. The lowest BCUT2D eigenvalue weighted by Crippen LogP contribution is -2.32. The van der Waals surface area contributed by atoms with Gasteiger partial charge in [-0.25, -0.2) is 0 Å². The van der Waals surface area contributed by atoms with Gasteiger partial charge in [-0.3, -0.25) is 4.79 Å². The third-order valence-corrected chi connectivity index (χ3v) is 2.40. The predicted octanol–water partition coefficient (Wildman–Crippen LogP) is 0.915. The summed E-state index contributed by atoms with van der Waals surface area (Å²) in [7, 11) is 5.59. The first-order valence-electron chi connectivity index (χ1n) is 5.66. The molecule has 1 amide bonds. The van der Waals surface area contributed by atoms with E-state index in [4.69, 9.17) is 4.74 Å². The van der Waals surface area contributed by atoms with E-state index in [9.17, 15) is 4.79 Å². The Bertz CT molecular complexity index is 347. The van der Waals surface area contributed by atoms with Crippen LogP contribution in [0.1, 0.15) is 5.56 Å². The Balaban J connectivity index is 2.34. The minimum Gasteiger partial charge on any atom is -0.497 e. The number of rotatable bonds is 6. The van der Waals surface area contributed by atoms with Gasteiger partial charge in [-0.1, -0.05) is 12.1 Å². The maximum atomic E-state index is 11.6. The van der Waals surface area contributed by atoms with Crippen molar-refractivity contribution in [3.8, 4) is 5.75 Å². The molecule has 17 heavy (non-hydrogen) atoms. The zero-order valence-electron chi connectivity index (χ0n) is 10.7.